The van der Waals surface area contributed by atoms with Crippen molar-refractivity contribution < 1.29 is 5.11 Å². The van der Waals surface area contributed by atoms with Crippen molar-refractivity contribution in [2.45, 2.75) is 51.6 Å². The molecule has 2 bridgehead atoms. The van der Waals surface area contributed by atoms with Crippen LogP contribution in [0.5, 0.6) is 0 Å². The van der Waals surface area contributed by atoms with Gasteiger partial charge in [0.1, 0.15) is 0 Å². The first-order valence-corrected chi connectivity index (χ1v) is 6.62. The van der Waals surface area contributed by atoms with E-state index in [0.29, 0.717) is 5.92 Å². The topological polar surface area (TPSA) is 23.5 Å². The van der Waals surface area contributed by atoms with Gasteiger partial charge in [0, 0.05) is 19.0 Å². The van der Waals surface area contributed by atoms with Gasteiger partial charge in [-0.2, -0.15) is 0 Å². The summed E-state index contributed by atoms with van der Waals surface area (Å²) in [5.41, 5.74) is -0.330. The minimum Gasteiger partial charge on any atom is -0.389 e. The Bertz CT molecular complexity index is 215. The molecular weight excluding hydrogens is 186 g/mol. The summed E-state index contributed by atoms with van der Waals surface area (Å²) < 4.78 is 0. The predicted molar refractivity (Wildman–Crippen MR) is 62.8 cm³/mol. The van der Waals surface area contributed by atoms with Crippen molar-refractivity contribution in [2.24, 2.45) is 11.8 Å². The third-order valence-corrected chi connectivity index (χ3v) is 4.69. The summed E-state index contributed by atoms with van der Waals surface area (Å²) in [6.45, 7) is 7.99. The molecule has 0 aromatic heterocycles. The van der Waals surface area contributed by atoms with E-state index in [1.54, 1.807) is 0 Å². The van der Waals surface area contributed by atoms with Crippen LogP contribution in [0.4, 0.5) is 0 Å². The Balaban J connectivity index is 1.99. The Morgan fingerprint density at radius 3 is 2.73 bits per heavy atom. The summed E-state index contributed by atoms with van der Waals surface area (Å²) in [5, 5.41) is 10.8. The molecule has 2 aliphatic rings. The van der Waals surface area contributed by atoms with E-state index in [9.17, 15) is 5.11 Å². The number of nitrogens with zero attached hydrogens (tertiary/aromatic N) is 1. The second-order valence-corrected chi connectivity index (χ2v) is 5.53. The van der Waals surface area contributed by atoms with Crippen molar-refractivity contribution >= 4 is 0 Å². The molecule has 3 atom stereocenters. The molecule has 0 amide bonds. The number of hydrogen-bond acceptors (Lipinski definition) is 2. The third-order valence-electron chi connectivity index (χ3n) is 4.69. The lowest BCUT2D eigenvalue weighted by molar-refractivity contribution is -0.0628. The fourth-order valence-electron chi connectivity index (χ4n) is 3.38. The van der Waals surface area contributed by atoms with Crippen molar-refractivity contribution in [2.75, 3.05) is 19.6 Å². The molecule has 2 rings (SSSR count). The maximum Gasteiger partial charge on any atom is 0.0703 e. The van der Waals surface area contributed by atoms with Gasteiger partial charge in [-0.1, -0.05) is 26.7 Å². The molecule has 2 nitrogen and oxygen atoms in total. The van der Waals surface area contributed by atoms with E-state index in [1.807, 2.05) is 0 Å². The molecule has 88 valence electrons. The lowest BCUT2D eigenvalue weighted by atomic mass is 9.75. The zero-order chi connectivity index (χ0) is 10.9. The molecule has 2 fully saturated rings. The number of hydrogen-bond donors (Lipinski definition) is 1. The summed E-state index contributed by atoms with van der Waals surface area (Å²) >= 11 is 0. The molecule has 3 unspecified atom stereocenters. The van der Waals surface area contributed by atoms with E-state index in [-0.39, 0.29) is 5.60 Å². The van der Waals surface area contributed by atoms with Gasteiger partial charge < -0.3 is 10.0 Å². The molecular formula is C13H25NO. The van der Waals surface area contributed by atoms with Crippen molar-refractivity contribution in [3.63, 3.8) is 0 Å². The van der Waals surface area contributed by atoms with Crippen LogP contribution in [0.3, 0.4) is 0 Å². The Hall–Kier alpha value is -0.0800. The van der Waals surface area contributed by atoms with Crippen LogP contribution in [0.15, 0.2) is 0 Å². The van der Waals surface area contributed by atoms with E-state index in [0.717, 1.165) is 31.8 Å². The molecule has 15 heavy (non-hydrogen) atoms. The maximum atomic E-state index is 10.8. The van der Waals surface area contributed by atoms with E-state index in [2.05, 4.69) is 18.7 Å². The summed E-state index contributed by atoms with van der Waals surface area (Å²) in [6, 6.07) is 0. The van der Waals surface area contributed by atoms with Crippen LogP contribution in [0.25, 0.3) is 0 Å². The lowest BCUT2D eigenvalue weighted by Crippen LogP contribution is -2.47. The average Bonchev–Trinajstić information content (AvgIpc) is 2.67. The Kier molecular flexibility index (Phi) is 3.36. The third kappa shape index (κ3) is 2.21. The largest absolute Gasteiger partial charge is 0.389 e. The highest BCUT2D eigenvalue weighted by atomic mass is 16.3. The average molecular weight is 211 g/mol. The molecule has 0 aromatic carbocycles. The SMILES string of the molecule is CCC(CC)CC1(O)CCN2CCC1C2. The van der Waals surface area contributed by atoms with Crippen LogP contribution in [0.1, 0.15) is 46.0 Å². The normalized spacial score (nSPS) is 40.0. The lowest BCUT2D eigenvalue weighted by Gasteiger charge is -2.40. The molecule has 0 saturated carbocycles. The Morgan fingerprint density at radius 2 is 2.07 bits per heavy atom. The first kappa shape index (κ1) is 11.4. The number of aliphatic hydroxyl groups is 1. The minimum absolute atomic E-state index is 0.330. The second kappa shape index (κ2) is 4.42. The molecule has 0 aliphatic carbocycles. The van der Waals surface area contributed by atoms with Gasteiger partial charge in [0.25, 0.3) is 0 Å². The summed E-state index contributed by atoms with van der Waals surface area (Å²) in [5.74, 6) is 1.29. The van der Waals surface area contributed by atoms with Crippen LogP contribution >= 0.6 is 0 Å². The van der Waals surface area contributed by atoms with Crippen molar-refractivity contribution in [3.8, 4) is 0 Å². The van der Waals surface area contributed by atoms with E-state index < -0.39 is 0 Å². The first-order chi connectivity index (χ1) is 7.18. The van der Waals surface area contributed by atoms with Crippen LogP contribution < -0.4 is 0 Å². The molecule has 0 radical (unpaired) electrons. The highest BCUT2D eigenvalue weighted by molar-refractivity contribution is 4.98. The zero-order valence-corrected chi connectivity index (χ0v) is 10.2. The molecule has 1 N–H and O–H groups in total. The van der Waals surface area contributed by atoms with E-state index >= 15 is 0 Å². The van der Waals surface area contributed by atoms with Crippen molar-refractivity contribution in [1.29, 1.82) is 0 Å². The summed E-state index contributed by atoms with van der Waals surface area (Å²) in [7, 11) is 0. The van der Waals surface area contributed by atoms with Crippen LogP contribution in [0, 0.1) is 11.8 Å². The fraction of sp³-hybridized carbons (Fsp3) is 1.00. The Labute approximate surface area is 93.7 Å². The summed E-state index contributed by atoms with van der Waals surface area (Å²) in [6.07, 6.45) is 5.70. The molecule has 2 saturated heterocycles. The van der Waals surface area contributed by atoms with Gasteiger partial charge in [-0.3, -0.25) is 0 Å². The number of piperidine rings is 1. The first-order valence-electron chi connectivity index (χ1n) is 6.62. The van der Waals surface area contributed by atoms with Gasteiger partial charge in [-0.05, 0) is 31.7 Å². The highest BCUT2D eigenvalue weighted by Crippen LogP contribution is 2.40. The van der Waals surface area contributed by atoms with Gasteiger partial charge in [0.05, 0.1) is 5.60 Å². The molecule has 2 heterocycles. The van der Waals surface area contributed by atoms with E-state index in [1.165, 1.54) is 25.8 Å². The van der Waals surface area contributed by atoms with Gasteiger partial charge in [-0.15, -0.1) is 0 Å². The van der Waals surface area contributed by atoms with Gasteiger partial charge in [-0.25, -0.2) is 0 Å². The summed E-state index contributed by atoms with van der Waals surface area (Å²) in [4.78, 5) is 2.51. The van der Waals surface area contributed by atoms with Crippen molar-refractivity contribution in [1.82, 2.24) is 4.90 Å². The maximum absolute atomic E-state index is 10.8. The minimum atomic E-state index is -0.330. The standard InChI is InChI=1S/C13H25NO/c1-3-11(4-2)9-13(15)6-8-14-7-5-12(13)10-14/h11-12,15H,3-10H2,1-2H3. The molecule has 0 aromatic rings. The number of fused-ring (bicyclic) bond motifs is 2. The van der Waals surface area contributed by atoms with Gasteiger partial charge in [0.15, 0.2) is 0 Å². The van der Waals surface area contributed by atoms with E-state index in [4.69, 9.17) is 0 Å². The number of rotatable bonds is 4. The monoisotopic (exact) mass is 211 g/mol. The van der Waals surface area contributed by atoms with Gasteiger partial charge in [0.2, 0.25) is 0 Å². The second-order valence-electron chi connectivity index (χ2n) is 5.53. The van der Waals surface area contributed by atoms with Gasteiger partial charge >= 0.3 is 0 Å². The van der Waals surface area contributed by atoms with Crippen LogP contribution in [-0.4, -0.2) is 35.2 Å². The molecule has 2 aliphatic heterocycles. The quantitative estimate of drug-likeness (QED) is 0.771. The van der Waals surface area contributed by atoms with Crippen LogP contribution in [0.2, 0.25) is 0 Å². The highest BCUT2D eigenvalue weighted by Gasteiger charge is 2.45. The zero-order valence-electron chi connectivity index (χ0n) is 10.2. The van der Waals surface area contributed by atoms with Crippen molar-refractivity contribution in [3.05, 3.63) is 0 Å². The molecule has 2 heteroatoms. The molecule has 0 spiro atoms. The predicted octanol–water partition coefficient (Wildman–Crippen LogP) is 2.27. The van der Waals surface area contributed by atoms with Crippen LogP contribution in [-0.2, 0) is 0 Å². The Morgan fingerprint density at radius 1 is 1.33 bits per heavy atom. The smallest absolute Gasteiger partial charge is 0.0703 e. The fourth-order valence-corrected chi connectivity index (χ4v) is 3.38.